The molecule has 0 bridgehead atoms. The monoisotopic (exact) mass is 262 g/mol. The summed E-state index contributed by atoms with van der Waals surface area (Å²) in [6.07, 6.45) is 3.38. The Morgan fingerprint density at radius 3 is 2.79 bits per heavy atom. The van der Waals surface area contributed by atoms with Crippen LogP contribution in [0.25, 0.3) is 0 Å². The van der Waals surface area contributed by atoms with E-state index in [0.717, 1.165) is 31.6 Å². The molecule has 1 atom stereocenters. The highest BCUT2D eigenvalue weighted by atomic mass is 16.5. The molecule has 0 aliphatic carbocycles. The van der Waals surface area contributed by atoms with Gasteiger partial charge in [-0.2, -0.15) is 0 Å². The molecule has 19 heavy (non-hydrogen) atoms. The number of carbonyl (C=O) groups excluding carboxylic acids is 1. The maximum absolute atomic E-state index is 11.7. The van der Waals surface area contributed by atoms with Crippen molar-refractivity contribution in [2.24, 2.45) is 0 Å². The van der Waals surface area contributed by atoms with Crippen molar-refractivity contribution < 1.29 is 9.53 Å². The lowest BCUT2D eigenvalue weighted by atomic mass is 10.1. The molecular weight excluding hydrogens is 240 g/mol. The molecule has 1 aromatic carbocycles. The summed E-state index contributed by atoms with van der Waals surface area (Å²) in [6.45, 7) is 3.87. The highest BCUT2D eigenvalue weighted by molar-refractivity contribution is 5.80. The maximum atomic E-state index is 11.7. The Bertz CT molecular complexity index is 397. The molecule has 1 aliphatic rings. The molecule has 2 N–H and O–H groups in total. The fourth-order valence-corrected chi connectivity index (χ4v) is 2.14. The molecule has 0 aromatic heterocycles. The number of anilines is 1. The molecule has 4 heteroatoms. The first-order valence-corrected chi connectivity index (χ1v) is 6.99. The largest absolute Gasteiger partial charge is 0.376 e. The lowest BCUT2D eigenvalue weighted by Gasteiger charge is -2.11. The molecule has 4 nitrogen and oxygen atoms in total. The average molecular weight is 262 g/mol. The smallest absolute Gasteiger partial charge is 0.239 e. The van der Waals surface area contributed by atoms with Crippen LogP contribution in [0.1, 0.15) is 25.3 Å². The first kappa shape index (κ1) is 13.9. The van der Waals surface area contributed by atoms with Crippen molar-refractivity contribution in [2.75, 3.05) is 25.0 Å². The topological polar surface area (TPSA) is 50.4 Å². The fraction of sp³-hybridized carbons (Fsp3) is 0.533. The van der Waals surface area contributed by atoms with Gasteiger partial charge in [-0.05, 0) is 37.0 Å². The van der Waals surface area contributed by atoms with Crippen LogP contribution >= 0.6 is 0 Å². The van der Waals surface area contributed by atoms with Crippen LogP contribution < -0.4 is 10.6 Å². The van der Waals surface area contributed by atoms with Gasteiger partial charge in [0.1, 0.15) is 0 Å². The summed E-state index contributed by atoms with van der Waals surface area (Å²) in [5, 5.41) is 6.01. The van der Waals surface area contributed by atoms with Gasteiger partial charge in [-0.15, -0.1) is 0 Å². The molecule has 0 spiro atoms. The molecule has 1 saturated heterocycles. The van der Waals surface area contributed by atoms with E-state index >= 15 is 0 Å². The fourth-order valence-electron chi connectivity index (χ4n) is 2.14. The molecule has 1 heterocycles. The zero-order valence-electron chi connectivity index (χ0n) is 11.4. The minimum atomic E-state index is 0.00932. The summed E-state index contributed by atoms with van der Waals surface area (Å²) >= 11 is 0. The van der Waals surface area contributed by atoms with Gasteiger partial charge in [-0.25, -0.2) is 0 Å². The molecule has 1 amide bonds. The van der Waals surface area contributed by atoms with Gasteiger partial charge >= 0.3 is 0 Å². The van der Waals surface area contributed by atoms with Crippen molar-refractivity contribution in [3.8, 4) is 0 Å². The summed E-state index contributed by atoms with van der Waals surface area (Å²) < 4.78 is 5.46. The van der Waals surface area contributed by atoms with Crippen LogP contribution in [0.3, 0.4) is 0 Å². The second kappa shape index (κ2) is 7.14. The molecule has 1 fully saturated rings. The number of nitrogens with one attached hydrogen (secondary N) is 2. The predicted octanol–water partition coefficient (Wildman–Crippen LogP) is 1.96. The van der Waals surface area contributed by atoms with E-state index in [1.165, 1.54) is 5.56 Å². The Balaban J connectivity index is 1.67. The molecule has 1 unspecified atom stereocenters. The first-order chi connectivity index (χ1) is 9.28. The summed E-state index contributed by atoms with van der Waals surface area (Å²) in [7, 11) is 0. The summed E-state index contributed by atoms with van der Waals surface area (Å²) in [5.41, 5.74) is 2.28. The van der Waals surface area contributed by atoms with E-state index in [0.29, 0.717) is 13.1 Å². The highest BCUT2D eigenvalue weighted by Crippen LogP contribution is 2.11. The van der Waals surface area contributed by atoms with Crippen LogP contribution in [0.2, 0.25) is 0 Å². The molecule has 1 aliphatic heterocycles. The van der Waals surface area contributed by atoms with E-state index in [2.05, 4.69) is 29.7 Å². The van der Waals surface area contributed by atoms with Crippen molar-refractivity contribution >= 4 is 11.6 Å². The number of hydrogen-bond acceptors (Lipinski definition) is 3. The van der Waals surface area contributed by atoms with Crippen molar-refractivity contribution in [3.63, 3.8) is 0 Å². The number of ether oxygens (including phenoxy) is 1. The van der Waals surface area contributed by atoms with E-state index < -0.39 is 0 Å². The van der Waals surface area contributed by atoms with Gasteiger partial charge in [-0.3, -0.25) is 4.79 Å². The van der Waals surface area contributed by atoms with E-state index in [1.807, 2.05) is 12.1 Å². The first-order valence-electron chi connectivity index (χ1n) is 6.99. The Kier molecular flexibility index (Phi) is 5.21. The van der Waals surface area contributed by atoms with Gasteiger partial charge in [0.15, 0.2) is 0 Å². The van der Waals surface area contributed by atoms with Crippen molar-refractivity contribution in [1.82, 2.24) is 5.32 Å². The van der Waals surface area contributed by atoms with E-state index in [4.69, 9.17) is 4.74 Å². The Morgan fingerprint density at radius 2 is 2.16 bits per heavy atom. The second-order valence-electron chi connectivity index (χ2n) is 4.84. The van der Waals surface area contributed by atoms with Gasteiger partial charge in [0.2, 0.25) is 5.91 Å². The Labute approximate surface area is 114 Å². The summed E-state index contributed by atoms with van der Waals surface area (Å²) in [4.78, 5) is 11.7. The maximum Gasteiger partial charge on any atom is 0.239 e. The van der Waals surface area contributed by atoms with Crippen LogP contribution in [-0.2, 0) is 16.0 Å². The normalized spacial score (nSPS) is 18.3. The van der Waals surface area contributed by atoms with Crippen LogP contribution in [-0.4, -0.2) is 31.7 Å². The van der Waals surface area contributed by atoms with Crippen molar-refractivity contribution in [2.45, 2.75) is 32.3 Å². The van der Waals surface area contributed by atoms with Gasteiger partial charge in [0, 0.05) is 18.8 Å². The number of hydrogen-bond donors (Lipinski definition) is 2. The average Bonchev–Trinajstić information content (AvgIpc) is 2.96. The van der Waals surface area contributed by atoms with E-state index in [1.54, 1.807) is 0 Å². The lowest BCUT2D eigenvalue weighted by molar-refractivity contribution is -0.119. The van der Waals surface area contributed by atoms with Gasteiger partial charge in [0.25, 0.3) is 0 Å². The molecule has 1 aromatic rings. The quantitative estimate of drug-likeness (QED) is 0.824. The van der Waals surface area contributed by atoms with E-state index in [-0.39, 0.29) is 12.0 Å². The summed E-state index contributed by atoms with van der Waals surface area (Å²) in [5.74, 6) is 0.00932. The number of benzene rings is 1. The minimum absolute atomic E-state index is 0.00932. The SMILES string of the molecule is CCc1ccc(NCC(=O)NCC2CCCO2)cc1. The standard InChI is InChI=1S/C15H22N2O2/c1-2-12-5-7-13(8-6-12)16-11-15(18)17-10-14-4-3-9-19-14/h5-8,14,16H,2-4,9-11H2,1H3,(H,17,18). The molecule has 0 radical (unpaired) electrons. The zero-order chi connectivity index (χ0) is 13.5. The molecule has 104 valence electrons. The van der Waals surface area contributed by atoms with Gasteiger partial charge < -0.3 is 15.4 Å². The number of rotatable bonds is 6. The predicted molar refractivity (Wildman–Crippen MR) is 76.3 cm³/mol. The second-order valence-corrected chi connectivity index (χ2v) is 4.84. The molecule has 2 rings (SSSR count). The zero-order valence-corrected chi connectivity index (χ0v) is 11.4. The van der Waals surface area contributed by atoms with Crippen LogP contribution in [0.5, 0.6) is 0 Å². The Hall–Kier alpha value is -1.55. The molecule has 0 saturated carbocycles. The Morgan fingerprint density at radius 1 is 1.37 bits per heavy atom. The van der Waals surface area contributed by atoms with Crippen molar-refractivity contribution in [3.05, 3.63) is 29.8 Å². The summed E-state index contributed by atoms with van der Waals surface area (Å²) in [6, 6.07) is 8.16. The minimum Gasteiger partial charge on any atom is -0.376 e. The third-order valence-electron chi connectivity index (χ3n) is 3.37. The number of amides is 1. The highest BCUT2D eigenvalue weighted by Gasteiger charge is 2.15. The van der Waals surface area contributed by atoms with Gasteiger partial charge in [0.05, 0.1) is 12.6 Å². The van der Waals surface area contributed by atoms with Crippen molar-refractivity contribution in [1.29, 1.82) is 0 Å². The lowest BCUT2D eigenvalue weighted by Crippen LogP contribution is -2.35. The van der Waals surface area contributed by atoms with E-state index in [9.17, 15) is 4.79 Å². The number of aryl methyl sites for hydroxylation is 1. The van der Waals surface area contributed by atoms with Crippen LogP contribution in [0.15, 0.2) is 24.3 Å². The van der Waals surface area contributed by atoms with Crippen LogP contribution in [0, 0.1) is 0 Å². The van der Waals surface area contributed by atoms with Gasteiger partial charge in [-0.1, -0.05) is 19.1 Å². The molecular formula is C15H22N2O2. The third kappa shape index (κ3) is 4.56. The van der Waals surface area contributed by atoms with Crippen LogP contribution in [0.4, 0.5) is 5.69 Å². The third-order valence-corrected chi connectivity index (χ3v) is 3.37. The number of carbonyl (C=O) groups is 1.